The lowest BCUT2D eigenvalue weighted by atomic mass is 9.91. The number of nitrogens with two attached hydrogens (primary N) is 1. The first-order chi connectivity index (χ1) is 12.6. The summed E-state index contributed by atoms with van der Waals surface area (Å²) < 4.78 is 4.92. The molecule has 0 unspecified atom stereocenters. The van der Waals surface area contributed by atoms with Crippen molar-refractivity contribution in [3.63, 3.8) is 0 Å². The first-order valence-electron chi connectivity index (χ1n) is 8.71. The molecule has 0 spiro atoms. The van der Waals surface area contributed by atoms with Gasteiger partial charge in [0.1, 0.15) is 5.82 Å². The van der Waals surface area contributed by atoms with Gasteiger partial charge in [0.2, 0.25) is 0 Å². The summed E-state index contributed by atoms with van der Waals surface area (Å²) in [5.41, 5.74) is 8.65. The van der Waals surface area contributed by atoms with Crippen molar-refractivity contribution >= 4 is 17.2 Å². The Bertz CT molecular complexity index is 1060. The number of para-hydroxylation sites is 1. The highest BCUT2D eigenvalue weighted by atomic mass is 16.1. The molecule has 3 rings (SSSR count). The number of benzene rings is 1. The number of azo groups is 1. The number of nitrogen functional groups attached to an aromatic ring is 1. The quantitative estimate of drug-likeness (QED) is 0.718. The number of aromatic nitrogens is 4. The molecule has 0 aliphatic carbocycles. The second-order valence-electron chi connectivity index (χ2n) is 7.57. The molecule has 0 saturated carbocycles. The van der Waals surface area contributed by atoms with Gasteiger partial charge in [-0.3, -0.25) is 14.2 Å². The molecule has 2 N–H and O–H groups in total. The van der Waals surface area contributed by atoms with Crippen molar-refractivity contribution in [2.75, 3.05) is 5.73 Å². The molecule has 8 nitrogen and oxygen atoms in total. The van der Waals surface area contributed by atoms with E-state index >= 15 is 0 Å². The van der Waals surface area contributed by atoms with E-state index in [2.05, 4.69) is 15.3 Å². The fourth-order valence-corrected chi connectivity index (χ4v) is 2.90. The standard InChI is InChI=1S/C19H25N7O/c1-12-14(18(27)26(25(12)6)13-10-8-7-9-11-13)21-22-15-16(19(2,3)4)23-24(5)17(15)20/h7-11H,20H2,1-6H3. The van der Waals surface area contributed by atoms with Crippen molar-refractivity contribution in [3.05, 3.63) is 52.1 Å². The van der Waals surface area contributed by atoms with E-state index in [-0.39, 0.29) is 16.7 Å². The Morgan fingerprint density at radius 1 is 1.04 bits per heavy atom. The number of rotatable bonds is 3. The minimum atomic E-state index is -0.250. The zero-order valence-electron chi connectivity index (χ0n) is 16.6. The Kier molecular flexibility index (Phi) is 4.51. The number of nitrogens with zero attached hydrogens (tertiary/aromatic N) is 6. The summed E-state index contributed by atoms with van der Waals surface area (Å²) in [6.07, 6.45) is 0. The molecule has 0 aliphatic rings. The van der Waals surface area contributed by atoms with Crippen LogP contribution in [0, 0.1) is 6.92 Å². The highest BCUT2D eigenvalue weighted by Crippen LogP contribution is 2.36. The van der Waals surface area contributed by atoms with Crippen molar-refractivity contribution in [2.24, 2.45) is 24.3 Å². The summed E-state index contributed by atoms with van der Waals surface area (Å²) in [6.45, 7) is 7.93. The molecule has 0 fully saturated rings. The highest BCUT2D eigenvalue weighted by Gasteiger charge is 2.25. The van der Waals surface area contributed by atoms with Crippen LogP contribution in [0.4, 0.5) is 17.2 Å². The fraction of sp³-hybridized carbons (Fsp3) is 0.368. The van der Waals surface area contributed by atoms with Crippen LogP contribution in [0.3, 0.4) is 0 Å². The van der Waals surface area contributed by atoms with E-state index in [0.717, 1.165) is 11.4 Å². The molecular weight excluding hydrogens is 342 g/mol. The van der Waals surface area contributed by atoms with Crippen LogP contribution in [-0.4, -0.2) is 19.1 Å². The van der Waals surface area contributed by atoms with E-state index in [0.29, 0.717) is 17.2 Å². The van der Waals surface area contributed by atoms with E-state index in [4.69, 9.17) is 5.73 Å². The molecule has 1 aromatic carbocycles. The average molecular weight is 367 g/mol. The molecular formula is C19H25N7O. The number of aryl methyl sites for hydroxylation is 1. The number of hydrogen-bond acceptors (Lipinski definition) is 5. The predicted octanol–water partition coefficient (Wildman–Crippen LogP) is 3.51. The molecule has 0 radical (unpaired) electrons. The first kappa shape index (κ1) is 18.6. The zero-order valence-corrected chi connectivity index (χ0v) is 16.6. The van der Waals surface area contributed by atoms with Gasteiger partial charge >= 0.3 is 0 Å². The summed E-state index contributed by atoms with van der Waals surface area (Å²) in [5.74, 6) is 0.417. The highest BCUT2D eigenvalue weighted by molar-refractivity contribution is 5.63. The molecule has 2 aromatic heterocycles. The normalized spacial score (nSPS) is 12.2. The van der Waals surface area contributed by atoms with E-state index in [9.17, 15) is 4.79 Å². The average Bonchev–Trinajstić information content (AvgIpc) is 3.01. The maximum Gasteiger partial charge on any atom is 0.299 e. The lowest BCUT2D eigenvalue weighted by Gasteiger charge is -2.15. The smallest absolute Gasteiger partial charge is 0.299 e. The van der Waals surface area contributed by atoms with E-state index < -0.39 is 0 Å². The zero-order chi connectivity index (χ0) is 19.9. The van der Waals surface area contributed by atoms with Gasteiger partial charge in [-0.2, -0.15) is 5.10 Å². The molecule has 0 atom stereocenters. The predicted molar refractivity (Wildman–Crippen MR) is 106 cm³/mol. The SMILES string of the molecule is Cc1c(N=Nc2c(C(C)(C)C)nn(C)c2N)c(=O)n(-c2ccccc2)n1C. The maximum absolute atomic E-state index is 12.9. The Morgan fingerprint density at radius 3 is 2.22 bits per heavy atom. The van der Waals surface area contributed by atoms with E-state index in [1.165, 1.54) is 0 Å². The summed E-state index contributed by atoms with van der Waals surface area (Å²) >= 11 is 0. The lowest BCUT2D eigenvalue weighted by Crippen LogP contribution is -2.19. The van der Waals surface area contributed by atoms with E-state index in [1.54, 1.807) is 21.1 Å². The van der Waals surface area contributed by atoms with Gasteiger partial charge in [0.25, 0.3) is 5.56 Å². The summed E-state index contributed by atoms with van der Waals surface area (Å²) in [6, 6.07) is 9.43. The van der Waals surface area contributed by atoms with Gasteiger partial charge in [0.15, 0.2) is 11.4 Å². The van der Waals surface area contributed by atoms with Crippen LogP contribution < -0.4 is 11.3 Å². The summed E-state index contributed by atoms with van der Waals surface area (Å²) in [7, 11) is 3.58. The van der Waals surface area contributed by atoms with Crippen molar-refractivity contribution in [1.82, 2.24) is 19.1 Å². The lowest BCUT2D eigenvalue weighted by molar-refractivity contribution is 0.554. The van der Waals surface area contributed by atoms with Gasteiger partial charge in [-0.15, -0.1) is 10.2 Å². The molecule has 0 saturated heterocycles. The monoisotopic (exact) mass is 367 g/mol. The van der Waals surface area contributed by atoms with Crippen molar-refractivity contribution in [1.29, 1.82) is 0 Å². The van der Waals surface area contributed by atoms with Crippen LogP contribution in [0.1, 0.15) is 32.2 Å². The van der Waals surface area contributed by atoms with Crippen molar-refractivity contribution in [2.45, 2.75) is 33.1 Å². The van der Waals surface area contributed by atoms with Gasteiger partial charge in [-0.05, 0) is 19.1 Å². The van der Waals surface area contributed by atoms with Crippen LogP contribution in [-0.2, 0) is 19.5 Å². The second kappa shape index (κ2) is 6.53. The topological polar surface area (TPSA) is 95.5 Å². The molecule has 142 valence electrons. The molecule has 2 heterocycles. The molecule has 8 heteroatoms. The molecule has 27 heavy (non-hydrogen) atoms. The first-order valence-corrected chi connectivity index (χ1v) is 8.71. The largest absolute Gasteiger partial charge is 0.382 e. The summed E-state index contributed by atoms with van der Waals surface area (Å²) in [4.78, 5) is 12.9. The minimum absolute atomic E-state index is 0.232. The van der Waals surface area contributed by atoms with E-state index in [1.807, 2.05) is 65.1 Å². The van der Waals surface area contributed by atoms with Gasteiger partial charge in [-0.1, -0.05) is 39.0 Å². The fourth-order valence-electron chi connectivity index (χ4n) is 2.90. The van der Waals surface area contributed by atoms with Crippen LogP contribution in [0.2, 0.25) is 0 Å². The maximum atomic E-state index is 12.9. The third-order valence-corrected chi connectivity index (χ3v) is 4.55. The number of hydrogen-bond donors (Lipinski definition) is 1. The Morgan fingerprint density at radius 2 is 1.63 bits per heavy atom. The molecule has 0 amide bonds. The van der Waals surface area contributed by atoms with Gasteiger partial charge in [0.05, 0.1) is 17.1 Å². The second-order valence-corrected chi connectivity index (χ2v) is 7.57. The van der Waals surface area contributed by atoms with Crippen LogP contribution in [0.5, 0.6) is 0 Å². The van der Waals surface area contributed by atoms with Crippen LogP contribution in [0.15, 0.2) is 45.4 Å². The van der Waals surface area contributed by atoms with Crippen molar-refractivity contribution in [3.8, 4) is 5.69 Å². The van der Waals surface area contributed by atoms with Crippen LogP contribution in [0.25, 0.3) is 5.69 Å². The minimum Gasteiger partial charge on any atom is -0.382 e. The molecule has 0 bridgehead atoms. The third-order valence-electron chi connectivity index (χ3n) is 4.55. The van der Waals surface area contributed by atoms with Gasteiger partial charge in [0, 0.05) is 19.5 Å². The van der Waals surface area contributed by atoms with Crippen molar-refractivity contribution < 1.29 is 0 Å². The molecule has 3 aromatic rings. The van der Waals surface area contributed by atoms with Gasteiger partial charge < -0.3 is 5.73 Å². The Balaban J connectivity index is 2.13. The Hall–Kier alpha value is -3.16. The molecule has 0 aliphatic heterocycles. The number of anilines is 1. The van der Waals surface area contributed by atoms with Crippen LogP contribution >= 0.6 is 0 Å². The van der Waals surface area contributed by atoms with Gasteiger partial charge in [-0.25, -0.2) is 4.68 Å². The summed E-state index contributed by atoms with van der Waals surface area (Å²) in [5, 5.41) is 13.0. The Labute approximate surface area is 157 Å². The third kappa shape index (κ3) is 3.18.